The summed E-state index contributed by atoms with van der Waals surface area (Å²) >= 11 is 0. The monoisotopic (exact) mass is 966 g/mol. The first-order chi connectivity index (χ1) is 31.1. The average molecular weight is 967 g/mol. The molecule has 0 aromatic heterocycles. The number of aromatic carboxylic acids is 1. The summed E-state index contributed by atoms with van der Waals surface area (Å²) in [5.41, 5.74) is -1.59. The number of hydrogen-bond acceptors (Lipinski definition) is 15. The molecule has 4 saturated carbocycles. The van der Waals surface area contributed by atoms with Gasteiger partial charge in [0.05, 0.1) is 17.5 Å². The van der Waals surface area contributed by atoms with E-state index < -0.39 is 113 Å². The van der Waals surface area contributed by atoms with E-state index in [-0.39, 0.29) is 69.5 Å². The second kappa shape index (κ2) is 19.3. The molecule has 0 spiro atoms. The van der Waals surface area contributed by atoms with Crippen LogP contribution < -0.4 is 34.7 Å². The number of carbonyl (C=O) groups is 5. The fourth-order valence-electron chi connectivity index (χ4n) is 13.9. The zero-order valence-electron chi connectivity index (χ0n) is 40.1. The van der Waals surface area contributed by atoms with E-state index in [4.69, 9.17) is 18.9 Å². The molecule has 18 nitrogen and oxygen atoms in total. The number of benzene rings is 1. The summed E-state index contributed by atoms with van der Waals surface area (Å²) in [5.74, 6) is -5.60. The minimum absolute atomic E-state index is 0. The smallest absolute Gasteiger partial charge is 0.545 e. The minimum atomic E-state index is -2.05. The van der Waals surface area contributed by atoms with E-state index in [0.717, 1.165) is 37.7 Å². The third kappa shape index (κ3) is 8.94. The van der Waals surface area contributed by atoms with Crippen LogP contribution in [-0.2, 0) is 38.1 Å². The molecule has 0 unspecified atom stereocenters. The number of aliphatic carboxylic acids is 3. The Kier molecular flexibility index (Phi) is 15.5. The van der Waals surface area contributed by atoms with Crippen LogP contribution in [0.25, 0.3) is 0 Å². The van der Waals surface area contributed by atoms with Crippen molar-refractivity contribution < 1.29 is 118 Å². The van der Waals surface area contributed by atoms with Crippen molar-refractivity contribution in [2.75, 3.05) is 0 Å². The summed E-state index contributed by atoms with van der Waals surface area (Å²) in [6.07, 6.45) is -12.2. The van der Waals surface area contributed by atoms with Crippen molar-refractivity contribution in [1.29, 1.82) is 0 Å². The van der Waals surface area contributed by atoms with E-state index >= 15 is 0 Å². The SMILES string of the molecule is CC1(C)[C@@H](O[C@H]2O[C@H](C(=O)O)[C@@H](O)[C@H](O)[C@H]2O[C@@H]2O[C@H](C(=O)O)[C@@H](O)[C@H](O)[C@H]2O)CC[C@]2(C)[C@H]3C(=O)C=C4[C@@H]5C[C@@](C)(C(=O)O)CC[C@]5(C)CC[C@@]4(C)[C@]3(C)CC[C@@H]12.O=C([O-])c1ccccc1.[Na+]. The fraction of sp³-hybridized carbons (Fsp3) is 0.735. The second-order valence-electron chi connectivity index (χ2n) is 22.3. The fourth-order valence-corrected chi connectivity index (χ4v) is 13.9. The molecule has 2 heterocycles. The van der Waals surface area contributed by atoms with Crippen LogP contribution >= 0.6 is 0 Å². The van der Waals surface area contributed by atoms with E-state index in [0.29, 0.717) is 25.7 Å². The number of hydrogen-bond donors (Lipinski definition) is 8. The number of aliphatic hydroxyl groups is 5. The van der Waals surface area contributed by atoms with Gasteiger partial charge in [0, 0.05) is 5.92 Å². The Bertz CT molecular complexity index is 2130. The normalized spacial score (nSPS) is 46.0. The van der Waals surface area contributed by atoms with Crippen molar-refractivity contribution in [3.63, 3.8) is 0 Å². The van der Waals surface area contributed by atoms with Crippen LogP contribution in [0.4, 0.5) is 0 Å². The van der Waals surface area contributed by atoms with Crippen molar-refractivity contribution in [3.05, 3.63) is 47.5 Å². The Labute approximate surface area is 417 Å². The maximum atomic E-state index is 14.8. The number of carboxylic acids is 4. The number of carboxylic acid groups (broad SMARTS) is 4. The number of carbonyl (C=O) groups excluding carboxylic acids is 2. The van der Waals surface area contributed by atoms with Gasteiger partial charge in [-0.05, 0) is 115 Å². The summed E-state index contributed by atoms with van der Waals surface area (Å²) in [6.45, 7) is 14.8. The first-order valence-corrected chi connectivity index (χ1v) is 23.3. The quantitative estimate of drug-likeness (QED) is 0.118. The summed E-state index contributed by atoms with van der Waals surface area (Å²) < 4.78 is 23.4. The number of allylic oxidation sites excluding steroid dienone is 2. The molecular formula is C49H67NaO18. The Morgan fingerprint density at radius 1 is 0.691 bits per heavy atom. The van der Waals surface area contributed by atoms with Crippen molar-refractivity contribution in [2.24, 2.45) is 50.2 Å². The number of rotatable bonds is 8. The van der Waals surface area contributed by atoms with Gasteiger partial charge in [-0.3, -0.25) is 9.59 Å². The van der Waals surface area contributed by atoms with Crippen molar-refractivity contribution in [2.45, 2.75) is 174 Å². The molecule has 68 heavy (non-hydrogen) atoms. The number of aliphatic hydroxyl groups excluding tert-OH is 5. The van der Waals surface area contributed by atoms with Gasteiger partial charge >= 0.3 is 47.5 Å². The summed E-state index contributed by atoms with van der Waals surface area (Å²) in [5, 5.41) is 93.1. The van der Waals surface area contributed by atoms with Crippen molar-refractivity contribution in [3.8, 4) is 0 Å². The maximum absolute atomic E-state index is 14.8. The third-order valence-electron chi connectivity index (χ3n) is 18.2. The van der Waals surface area contributed by atoms with E-state index in [9.17, 15) is 69.9 Å². The van der Waals surface area contributed by atoms with Crippen LogP contribution in [0.1, 0.15) is 117 Å². The number of ketones is 1. The van der Waals surface area contributed by atoms with Crippen LogP contribution in [-0.4, -0.2) is 138 Å². The van der Waals surface area contributed by atoms with E-state index in [1.165, 1.54) is 12.1 Å². The molecular weight excluding hydrogens is 900 g/mol. The first-order valence-electron chi connectivity index (χ1n) is 23.3. The van der Waals surface area contributed by atoms with Gasteiger partial charge < -0.3 is 69.7 Å². The summed E-state index contributed by atoms with van der Waals surface area (Å²) in [6, 6.07) is 8.06. The topological polar surface area (TPSA) is 307 Å². The third-order valence-corrected chi connectivity index (χ3v) is 18.2. The molecule has 0 bridgehead atoms. The minimum Gasteiger partial charge on any atom is -0.545 e. The Balaban J connectivity index is 0.000000683. The van der Waals surface area contributed by atoms with Crippen LogP contribution in [0.5, 0.6) is 0 Å². The molecule has 19 heteroatoms. The largest absolute Gasteiger partial charge is 1.00 e. The van der Waals surface area contributed by atoms with E-state index in [1.807, 2.05) is 26.8 Å². The van der Waals surface area contributed by atoms with Gasteiger partial charge in [0.15, 0.2) is 30.6 Å². The van der Waals surface area contributed by atoms with Crippen molar-refractivity contribution >= 4 is 29.7 Å². The molecule has 8 rings (SSSR count). The molecule has 5 aliphatic carbocycles. The van der Waals surface area contributed by atoms with Gasteiger partial charge in [0.25, 0.3) is 0 Å². The summed E-state index contributed by atoms with van der Waals surface area (Å²) in [7, 11) is 0. The average Bonchev–Trinajstić information content (AvgIpc) is 3.25. The molecule has 8 N–H and O–H groups in total. The zero-order chi connectivity index (χ0) is 49.6. The van der Waals surface area contributed by atoms with Crippen LogP contribution in [0.15, 0.2) is 42.0 Å². The Hall–Kier alpha value is -2.85. The number of ether oxygens (including phenoxy) is 4. The van der Waals surface area contributed by atoms with Crippen LogP contribution in [0.2, 0.25) is 0 Å². The molecule has 1 aromatic rings. The van der Waals surface area contributed by atoms with E-state index in [1.54, 1.807) is 18.2 Å². The summed E-state index contributed by atoms with van der Waals surface area (Å²) in [4.78, 5) is 61.4. The van der Waals surface area contributed by atoms with Gasteiger partial charge in [0.1, 0.15) is 36.6 Å². The van der Waals surface area contributed by atoms with Gasteiger partial charge in [-0.25, -0.2) is 9.59 Å². The maximum Gasteiger partial charge on any atom is 1.00 e. The molecule has 6 fully saturated rings. The Morgan fingerprint density at radius 2 is 1.26 bits per heavy atom. The molecule has 0 amide bonds. The molecule has 1 aromatic carbocycles. The van der Waals surface area contributed by atoms with Crippen LogP contribution in [0, 0.1) is 50.2 Å². The zero-order valence-corrected chi connectivity index (χ0v) is 42.1. The molecule has 2 saturated heterocycles. The number of fused-ring (bicyclic) bond motifs is 7. The molecule has 372 valence electrons. The molecule has 2 aliphatic heterocycles. The predicted molar refractivity (Wildman–Crippen MR) is 230 cm³/mol. The molecule has 7 aliphatic rings. The van der Waals surface area contributed by atoms with Gasteiger partial charge in [-0.1, -0.05) is 77.4 Å². The van der Waals surface area contributed by atoms with Gasteiger partial charge in [0.2, 0.25) is 0 Å². The first kappa shape index (κ1) is 54.5. The van der Waals surface area contributed by atoms with E-state index in [2.05, 4.69) is 27.7 Å². The van der Waals surface area contributed by atoms with Crippen molar-refractivity contribution in [1.82, 2.24) is 0 Å². The predicted octanol–water partition coefficient (Wildman–Crippen LogP) is -0.700. The standard InChI is InChI=1S/C42H62O16.C7H6O2.Na/c1-37(2)21-8-11-42(7)31(20(43)16-18-19-17-39(4,36(53)54)13-12-38(19,3)14-15-41(18,42)6)40(21,5)10-9-22(37)55-35-30(26(47)25(46)29(57-35)33(51)52)58-34-27(48)23(44)24(45)28(56-34)32(49)50;8-7(9)6-4-2-1-3-5-6;/h16,19,21-31,34-35,44-48H,8-15,17H2,1-7H3,(H,49,50)(H,51,52)(H,53,54);1-5H,(H,8,9);/q;;+1/p-1/t19-,21-,22-,23-,24-,25-,26-,27+,28-,29-,30+,31+,34-,35-,38+,39-,40-,41+,42+;;/m0../s1. The molecule has 19 atom stereocenters. The van der Waals surface area contributed by atoms with Crippen LogP contribution in [0.3, 0.4) is 0 Å². The Morgan fingerprint density at radius 3 is 1.82 bits per heavy atom. The molecule has 0 radical (unpaired) electrons. The van der Waals surface area contributed by atoms with Gasteiger partial charge in [-0.2, -0.15) is 0 Å². The van der Waals surface area contributed by atoms with Gasteiger partial charge in [-0.15, -0.1) is 0 Å². The second-order valence-corrected chi connectivity index (χ2v) is 22.3.